The van der Waals surface area contributed by atoms with E-state index < -0.39 is 0 Å². The number of rotatable bonds is 12. The fraction of sp³-hybridized carbons (Fsp3) is 0.348. The normalized spacial score (nSPS) is 10.3. The van der Waals surface area contributed by atoms with Crippen molar-refractivity contribution in [3.05, 3.63) is 54.1 Å². The third-order valence-corrected chi connectivity index (χ3v) is 4.30. The molecule has 166 valence electrons. The van der Waals surface area contributed by atoms with E-state index in [1.807, 2.05) is 6.92 Å². The van der Waals surface area contributed by atoms with E-state index in [2.05, 4.69) is 21.3 Å². The van der Waals surface area contributed by atoms with Gasteiger partial charge in [0.2, 0.25) is 11.8 Å². The number of benzene rings is 2. The molecule has 0 heterocycles. The van der Waals surface area contributed by atoms with Crippen LogP contribution in [0.15, 0.2) is 48.5 Å². The molecule has 0 spiro atoms. The number of anilines is 3. The fourth-order valence-electron chi connectivity index (χ4n) is 2.80. The average molecular weight is 427 g/mol. The van der Waals surface area contributed by atoms with Gasteiger partial charge in [-0.2, -0.15) is 0 Å². The van der Waals surface area contributed by atoms with Gasteiger partial charge in [-0.25, -0.2) is 0 Å². The summed E-state index contributed by atoms with van der Waals surface area (Å²) in [6.07, 6.45) is 1.96. The number of methoxy groups -OCH3 is 1. The smallest absolute Gasteiger partial charge is 0.251 e. The molecule has 0 aromatic heterocycles. The minimum atomic E-state index is -0.244. The van der Waals surface area contributed by atoms with Gasteiger partial charge in [0.15, 0.2) is 0 Å². The van der Waals surface area contributed by atoms with E-state index in [4.69, 9.17) is 4.74 Å². The van der Waals surface area contributed by atoms with Crippen molar-refractivity contribution in [2.75, 3.05) is 42.8 Å². The Bertz CT molecular complexity index is 885. The molecule has 0 atom stereocenters. The highest BCUT2D eigenvalue weighted by atomic mass is 16.5. The van der Waals surface area contributed by atoms with Crippen molar-refractivity contribution < 1.29 is 19.1 Å². The highest BCUT2D eigenvalue weighted by molar-refractivity contribution is 5.97. The Kier molecular flexibility index (Phi) is 10.0. The van der Waals surface area contributed by atoms with Gasteiger partial charge in [-0.3, -0.25) is 14.4 Å². The van der Waals surface area contributed by atoms with Crippen LogP contribution in [0.2, 0.25) is 0 Å². The van der Waals surface area contributed by atoms with E-state index in [1.54, 1.807) is 55.6 Å². The van der Waals surface area contributed by atoms with Crippen LogP contribution in [0.4, 0.5) is 17.1 Å². The molecule has 2 aromatic carbocycles. The number of carbonyl (C=O) groups excluding carboxylic acids is 3. The van der Waals surface area contributed by atoms with Crippen molar-refractivity contribution >= 4 is 34.8 Å². The summed E-state index contributed by atoms with van der Waals surface area (Å²) in [6.45, 7) is 3.09. The second-order valence-electron chi connectivity index (χ2n) is 6.96. The molecule has 0 saturated carbocycles. The molecular formula is C23H30N4O4. The molecule has 0 saturated heterocycles. The fourth-order valence-corrected chi connectivity index (χ4v) is 2.80. The monoisotopic (exact) mass is 426 g/mol. The van der Waals surface area contributed by atoms with Gasteiger partial charge >= 0.3 is 0 Å². The van der Waals surface area contributed by atoms with Crippen LogP contribution in [0.5, 0.6) is 0 Å². The predicted molar refractivity (Wildman–Crippen MR) is 122 cm³/mol. The molecule has 4 N–H and O–H groups in total. The SMILES string of the molecule is CCCC(=O)Nc1cccc(NC(=O)CNc2cccc(C(=O)NCCCOC)c2)c1. The van der Waals surface area contributed by atoms with Crippen molar-refractivity contribution in [1.82, 2.24) is 5.32 Å². The number of amides is 3. The van der Waals surface area contributed by atoms with Crippen molar-refractivity contribution in [3.8, 4) is 0 Å². The topological polar surface area (TPSA) is 109 Å². The Hall–Kier alpha value is -3.39. The first-order chi connectivity index (χ1) is 15.0. The van der Waals surface area contributed by atoms with Crippen LogP contribution in [0.25, 0.3) is 0 Å². The van der Waals surface area contributed by atoms with Crippen LogP contribution < -0.4 is 21.3 Å². The second kappa shape index (κ2) is 13.0. The van der Waals surface area contributed by atoms with Crippen molar-refractivity contribution in [1.29, 1.82) is 0 Å². The predicted octanol–water partition coefficient (Wildman–Crippen LogP) is 3.24. The zero-order valence-corrected chi connectivity index (χ0v) is 18.0. The molecule has 0 unspecified atom stereocenters. The highest BCUT2D eigenvalue weighted by Crippen LogP contribution is 2.16. The van der Waals surface area contributed by atoms with Crippen LogP contribution in [-0.4, -0.2) is 44.5 Å². The van der Waals surface area contributed by atoms with Gasteiger partial charge in [0, 0.05) is 49.3 Å². The number of hydrogen-bond donors (Lipinski definition) is 4. The van der Waals surface area contributed by atoms with Crippen LogP contribution in [0.1, 0.15) is 36.5 Å². The average Bonchev–Trinajstić information content (AvgIpc) is 2.76. The standard InChI is InChI=1S/C23H30N4O4/c1-3-7-21(28)26-19-10-5-11-20(15-19)27-22(29)16-25-18-9-4-8-17(14-18)23(30)24-12-6-13-31-2/h4-5,8-11,14-15,25H,3,6-7,12-13,16H2,1-2H3,(H,24,30)(H,26,28)(H,27,29). The maximum Gasteiger partial charge on any atom is 0.251 e. The Morgan fingerprint density at radius 2 is 1.58 bits per heavy atom. The lowest BCUT2D eigenvalue weighted by molar-refractivity contribution is -0.116. The van der Waals surface area contributed by atoms with Gasteiger partial charge in [-0.05, 0) is 49.2 Å². The molecule has 0 aliphatic heterocycles. The van der Waals surface area contributed by atoms with Gasteiger partial charge in [-0.15, -0.1) is 0 Å². The largest absolute Gasteiger partial charge is 0.385 e. The summed E-state index contributed by atoms with van der Waals surface area (Å²) in [5.74, 6) is -0.479. The minimum absolute atomic E-state index is 0.0331. The maximum absolute atomic E-state index is 12.3. The number of nitrogens with one attached hydrogen (secondary N) is 4. The lowest BCUT2D eigenvalue weighted by Crippen LogP contribution is -2.25. The quantitative estimate of drug-likeness (QED) is 0.390. The zero-order valence-electron chi connectivity index (χ0n) is 18.0. The van der Waals surface area contributed by atoms with Gasteiger partial charge in [0.05, 0.1) is 6.54 Å². The molecule has 31 heavy (non-hydrogen) atoms. The Morgan fingerprint density at radius 1 is 0.903 bits per heavy atom. The number of hydrogen-bond acceptors (Lipinski definition) is 5. The first-order valence-electron chi connectivity index (χ1n) is 10.3. The molecule has 3 amide bonds. The summed E-state index contributed by atoms with van der Waals surface area (Å²) in [5, 5.41) is 11.4. The van der Waals surface area contributed by atoms with Gasteiger partial charge in [0.1, 0.15) is 0 Å². The Morgan fingerprint density at radius 3 is 2.29 bits per heavy atom. The molecule has 8 nitrogen and oxygen atoms in total. The summed E-state index contributed by atoms with van der Waals surface area (Å²) in [7, 11) is 1.62. The van der Waals surface area contributed by atoms with E-state index in [1.165, 1.54) is 0 Å². The first kappa shape index (κ1) is 23.9. The van der Waals surface area contributed by atoms with Crippen LogP contribution in [0.3, 0.4) is 0 Å². The molecule has 2 aromatic rings. The summed E-state index contributed by atoms with van der Waals surface area (Å²) in [5.41, 5.74) is 2.40. The third kappa shape index (κ3) is 8.88. The van der Waals surface area contributed by atoms with Crippen LogP contribution in [0, 0.1) is 0 Å². The van der Waals surface area contributed by atoms with Crippen LogP contribution in [-0.2, 0) is 14.3 Å². The molecular weight excluding hydrogens is 396 g/mol. The molecule has 0 fully saturated rings. The number of carbonyl (C=O) groups is 3. The summed E-state index contributed by atoms with van der Waals surface area (Å²) in [6, 6.07) is 14.0. The van der Waals surface area contributed by atoms with Crippen molar-refractivity contribution in [3.63, 3.8) is 0 Å². The first-order valence-corrected chi connectivity index (χ1v) is 10.3. The minimum Gasteiger partial charge on any atom is -0.385 e. The molecule has 0 radical (unpaired) electrons. The maximum atomic E-state index is 12.3. The van der Waals surface area contributed by atoms with E-state index in [9.17, 15) is 14.4 Å². The summed E-state index contributed by atoms with van der Waals surface area (Å²) >= 11 is 0. The molecule has 2 rings (SSSR count). The molecule has 0 bridgehead atoms. The van der Waals surface area contributed by atoms with Gasteiger partial charge in [-0.1, -0.05) is 19.1 Å². The summed E-state index contributed by atoms with van der Waals surface area (Å²) in [4.78, 5) is 36.2. The highest BCUT2D eigenvalue weighted by Gasteiger charge is 2.08. The van der Waals surface area contributed by atoms with Crippen LogP contribution >= 0.6 is 0 Å². The zero-order chi connectivity index (χ0) is 22.5. The van der Waals surface area contributed by atoms with E-state index in [0.717, 1.165) is 12.8 Å². The lowest BCUT2D eigenvalue weighted by Gasteiger charge is -2.11. The lowest BCUT2D eigenvalue weighted by atomic mass is 10.2. The Balaban J connectivity index is 1.85. The van der Waals surface area contributed by atoms with E-state index in [0.29, 0.717) is 42.2 Å². The second-order valence-corrected chi connectivity index (χ2v) is 6.96. The number of ether oxygens (including phenoxy) is 1. The third-order valence-electron chi connectivity index (χ3n) is 4.30. The van der Waals surface area contributed by atoms with Gasteiger partial charge < -0.3 is 26.0 Å². The van der Waals surface area contributed by atoms with Crippen molar-refractivity contribution in [2.24, 2.45) is 0 Å². The molecule has 0 aliphatic rings. The molecule has 0 aliphatic carbocycles. The molecule has 8 heteroatoms. The van der Waals surface area contributed by atoms with Crippen molar-refractivity contribution in [2.45, 2.75) is 26.2 Å². The Labute approximate surface area is 182 Å². The van der Waals surface area contributed by atoms with Gasteiger partial charge in [0.25, 0.3) is 5.91 Å². The van der Waals surface area contributed by atoms with E-state index >= 15 is 0 Å². The van der Waals surface area contributed by atoms with E-state index in [-0.39, 0.29) is 24.3 Å². The summed E-state index contributed by atoms with van der Waals surface area (Å²) < 4.78 is 4.96.